The first kappa shape index (κ1) is 15.6. The van der Waals surface area contributed by atoms with Gasteiger partial charge in [0, 0.05) is 13.0 Å². The molecule has 124 valence electrons. The number of hydrogen-bond donors (Lipinski definition) is 2. The Labute approximate surface area is 135 Å². The number of Topliss-reactive ketones (excluding diaryl/α,β-unsaturated/α-hetero) is 1. The number of ketones is 1. The fourth-order valence-corrected chi connectivity index (χ4v) is 3.05. The Morgan fingerprint density at radius 1 is 1.52 bits per heavy atom. The molecule has 0 aromatic heterocycles. The van der Waals surface area contributed by atoms with Gasteiger partial charge in [-0.15, -0.1) is 0 Å². The molecule has 6 nitrogen and oxygen atoms in total. The lowest BCUT2D eigenvalue weighted by atomic mass is 9.97. The van der Waals surface area contributed by atoms with Crippen molar-refractivity contribution in [3.8, 4) is 11.5 Å². The van der Waals surface area contributed by atoms with Crippen molar-refractivity contribution in [3.63, 3.8) is 0 Å². The molecule has 0 fully saturated rings. The van der Waals surface area contributed by atoms with Gasteiger partial charge in [0.1, 0.15) is 11.5 Å². The Kier molecular flexibility index (Phi) is 4.41. The maximum atomic E-state index is 12.1. The van der Waals surface area contributed by atoms with Crippen LogP contribution in [0.4, 0.5) is 0 Å². The molecule has 2 aliphatic rings. The molecular weight excluding hydrogens is 294 g/mol. The number of rotatable bonds is 5. The minimum atomic E-state index is 0.0555. The highest BCUT2D eigenvalue weighted by Gasteiger charge is 2.23. The van der Waals surface area contributed by atoms with Gasteiger partial charge in [-0.05, 0) is 49.4 Å². The van der Waals surface area contributed by atoms with Crippen molar-refractivity contribution in [1.82, 2.24) is 4.90 Å². The van der Waals surface area contributed by atoms with Crippen LogP contribution in [0.15, 0.2) is 17.1 Å². The van der Waals surface area contributed by atoms with Crippen LogP contribution in [0.2, 0.25) is 0 Å². The SMILES string of the molecule is Cc1cc2c(cc1O)CCC(CCC(=O)CN1CCN=C1N)O2. The van der Waals surface area contributed by atoms with Gasteiger partial charge < -0.3 is 20.5 Å². The Morgan fingerprint density at radius 2 is 2.35 bits per heavy atom. The second-order valence-electron chi connectivity index (χ2n) is 6.26. The first-order chi connectivity index (χ1) is 11.0. The molecule has 2 heterocycles. The van der Waals surface area contributed by atoms with Gasteiger partial charge in [-0.2, -0.15) is 0 Å². The molecule has 0 amide bonds. The van der Waals surface area contributed by atoms with Gasteiger partial charge in [0.15, 0.2) is 11.7 Å². The number of phenolic OH excluding ortho intramolecular Hbond substituents is 1. The first-order valence-electron chi connectivity index (χ1n) is 8.08. The van der Waals surface area contributed by atoms with Crippen LogP contribution in [0.1, 0.15) is 30.4 Å². The van der Waals surface area contributed by atoms with E-state index in [1.807, 2.05) is 17.9 Å². The molecule has 1 unspecified atom stereocenters. The van der Waals surface area contributed by atoms with E-state index in [-0.39, 0.29) is 11.9 Å². The first-order valence-corrected chi connectivity index (χ1v) is 8.08. The normalized spacial score (nSPS) is 20.0. The standard InChI is InChI=1S/C17H23N3O3/c1-11-8-16-12(9-15(11)22)2-4-14(23-16)5-3-13(21)10-20-7-6-19-17(20)18/h8-9,14,22H,2-7,10H2,1H3,(H2,18,19). The van der Waals surface area contributed by atoms with Gasteiger partial charge in [0.2, 0.25) is 0 Å². The second kappa shape index (κ2) is 6.48. The molecule has 0 aliphatic carbocycles. The fourth-order valence-electron chi connectivity index (χ4n) is 3.05. The van der Waals surface area contributed by atoms with E-state index in [1.165, 1.54) is 0 Å². The van der Waals surface area contributed by atoms with E-state index in [2.05, 4.69) is 4.99 Å². The average Bonchev–Trinajstić information content (AvgIpc) is 2.91. The zero-order valence-electron chi connectivity index (χ0n) is 13.4. The number of benzene rings is 1. The lowest BCUT2D eigenvalue weighted by Crippen LogP contribution is -2.38. The summed E-state index contributed by atoms with van der Waals surface area (Å²) in [5.41, 5.74) is 7.57. The predicted octanol–water partition coefficient (Wildman–Crippen LogP) is 1.37. The highest BCUT2D eigenvalue weighted by Crippen LogP contribution is 2.34. The van der Waals surface area contributed by atoms with Crippen LogP contribution in [-0.4, -0.2) is 47.5 Å². The summed E-state index contributed by atoms with van der Waals surface area (Å²) in [4.78, 5) is 18.0. The number of fused-ring (bicyclic) bond motifs is 1. The van der Waals surface area contributed by atoms with E-state index in [4.69, 9.17) is 10.5 Å². The highest BCUT2D eigenvalue weighted by atomic mass is 16.5. The number of nitrogens with two attached hydrogens (primary N) is 1. The summed E-state index contributed by atoms with van der Waals surface area (Å²) in [7, 11) is 0. The van der Waals surface area contributed by atoms with Gasteiger partial charge in [0.05, 0.1) is 19.2 Å². The maximum Gasteiger partial charge on any atom is 0.191 e. The number of guanidine groups is 1. The van der Waals surface area contributed by atoms with Crippen molar-refractivity contribution >= 4 is 11.7 Å². The number of aliphatic imine (C=N–C) groups is 1. The van der Waals surface area contributed by atoms with Gasteiger partial charge in [-0.3, -0.25) is 9.79 Å². The summed E-state index contributed by atoms with van der Waals surface area (Å²) in [5, 5.41) is 9.75. The number of aryl methyl sites for hydroxylation is 2. The third-order valence-electron chi connectivity index (χ3n) is 4.49. The summed E-state index contributed by atoms with van der Waals surface area (Å²) >= 11 is 0. The van der Waals surface area contributed by atoms with Crippen LogP contribution in [0.3, 0.4) is 0 Å². The molecule has 2 aliphatic heterocycles. The van der Waals surface area contributed by atoms with E-state index >= 15 is 0 Å². The van der Waals surface area contributed by atoms with E-state index in [0.717, 1.165) is 36.3 Å². The molecule has 0 bridgehead atoms. The summed E-state index contributed by atoms with van der Waals surface area (Å²) in [6.07, 6.45) is 2.99. The van der Waals surface area contributed by atoms with Crippen LogP contribution in [-0.2, 0) is 11.2 Å². The molecule has 0 spiro atoms. The zero-order valence-corrected chi connectivity index (χ0v) is 13.4. The van der Waals surface area contributed by atoms with Gasteiger partial charge >= 0.3 is 0 Å². The summed E-state index contributed by atoms with van der Waals surface area (Å²) in [5.74, 6) is 1.78. The topological polar surface area (TPSA) is 88.2 Å². The van der Waals surface area contributed by atoms with Crippen molar-refractivity contribution in [2.45, 2.75) is 38.7 Å². The molecule has 3 N–H and O–H groups in total. The third kappa shape index (κ3) is 3.57. The largest absolute Gasteiger partial charge is 0.508 e. The predicted molar refractivity (Wildman–Crippen MR) is 87.9 cm³/mol. The van der Waals surface area contributed by atoms with Crippen molar-refractivity contribution in [3.05, 3.63) is 23.3 Å². The van der Waals surface area contributed by atoms with E-state index in [0.29, 0.717) is 37.6 Å². The minimum Gasteiger partial charge on any atom is -0.508 e. The summed E-state index contributed by atoms with van der Waals surface area (Å²) in [6, 6.07) is 3.65. The molecule has 0 saturated heterocycles. The molecule has 6 heteroatoms. The Bertz CT molecular complexity index is 642. The second-order valence-corrected chi connectivity index (χ2v) is 6.26. The van der Waals surface area contributed by atoms with Gasteiger partial charge in [0.25, 0.3) is 0 Å². The molecule has 3 rings (SSSR count). The Balaban J connectivity index is 1.50. The maximum absolute atomic E-state index is 12.1. The van der Waals surface area contributed by atoms with Crippen molar-refractivity contribution in [2.24, 2.45) is 10.7 Å². The smallest absolute Gasteiger partial charge is 0.191 e. The number of carbonyl (C=O) groups excluding carboxylic acids is 1. The molecule has 23 heavy (non-hydrogen) atoms. The van der Waals surface area contributed by atoms with Crippen molar-refractivity contribution in [1.29, 1.82) is 0 Å². The van der Waals surface area contributed by atoms with Crippen molar-refractivity contribution in [2.75, 3.05) is 19.6 Å². The van der Waals surface area contributed by atoms with E-state index < -0.39 is 0 Å². The Hall–Kier alpha value is -2.24. The zero-order chi connectivity index (χ0) is 16.4. The molecular formula is C17H23N3O3. The summed E-state index contributed by atoms with van der Waals surface area (Å²) in [6.45, 7) is 3.60. The van der Waals surface area contributed by atoms with Crippen LogP contribution >= 0.6 is 0 Å². The van der Waals surface area contributed by atoms with Gasteiger partial charge in [-0.25, -0.2) is 0 Å². The molecule has 1 aromatic carbocycles. The lowest BCUT2D eigenvalue weighted by Gasteiger charge is -2.27. The van der Waals surface area contributed by atoms with Crippen LogP contribution in [0.25, 0.3) is 0 Å². The van der Waals surface area contributed by atoms with E-state index in [1.54, 1.807) is 6.07 Å². The summed E-state index contributed by atoms with van der Waals surface area (Å²) < 4.78 is 5.98. The number of phenols is 1. The van der Waals surface area contributed by atoms with Gasteiger partial charge in [-0.1, -0.05) is 0 Å². The molecule has 1 aromatic rings. The monoisotopic (exact) mass is 317 g/mol. The lowest BCUT2D eigenvalue weighted by molar-refractivity contribution is -0.119. The average molecular weight is 317 g/mol. The van der Waals surface area contributed by atoms with Crippen LogP contribution < -0.4 is 10.5 Å². The fraction of sp³-hybridized carbons (Fsp3) is 0.529. The minimum absolute atomic E-state index is 0.0555. The molecule has 0 radical (unpaired) electrons. The number of hydrogen-bond acceptors (Lipinski definition) is 6. The number of carbonyl (C=O) groups is 1. The van der Waals surface area contributed by atoms with Crippen molar-refractivity contribution < 1.29 is 14.6 Å². The molecule has 0 saturated carbocycles. The molecule has 1 atom stereocenters. The third-order valence-corrected chi connectivity index (χ3v) is 4.49. The van der Waals surface area contributed by atoms with E-state index in [9.17, 15) is 9.90 Å². The number of nitrogens with zero attached hydrogens (tertiary/aromatic N) is 2. The highest BCUT2D eigenvalue weighted by molar-refractivity contribution is 5.87. The quantitative estimate of drug-likeness (QED) is 0.856. The number of aromatic hydroxyl groups is 1. The Morgan fingerprint density at radius 3 is 3.09 bits per heavy atom. The number of ether oxygens (including phenoxy) is 1. The van der Waals surface area contributed by atoms with Crippen LogP contribution in [0, 0.1) is 6.92 Å². The van der Waals surface area contributed by atoms with Crippen LogP contribution in [0.5, 0.6) is 11.5 Å².